The van der Waals surface area contributed by atoms with Crippen LogP contribution in [0.5, 0.6) is 11.5 Å². The molecule has 1 aliphatic heterocycles. The second-order valence-electron chi connectivity index (χ2n) is 9.97. The van der Waals surface area contributed by atoms with E-state index in [9.17, 15) is 14.7 Å². The summed E-state index contributed by atoms with van der Waals surface area (Å²) in [5, 5.41) is 19.8. The van der Waals surface area contributed by atoms with Crippen LogP contribution in [0.1, 0.15) is 31.5 Å². The lowest BCUT2D eigenvalue weighted by Crippen LogP contribution is -2.42. The number of aromatic nitrogens is 2. The number of aliphatic imine (C=N–C) groups is 1. The first-order valence-electron chi connectivity index (χ1n) is 14.3. The van der Waals surface area contributed by atoms with Gasteiger partial charge in [-0.2, -0.15) is 0 Å². The van der Waals surface area contributed by atoms with Gasteiger partial charge in [0.2, 0.25) is 11.2 Å². The minimum atomic E-state index is -0.973. The maximum atomic E-state index is 13.9. The van der Waals surface area contributed by atoms with Crippen LogP contribution in [0, 0.1) is 0 Å². The number of nitrogens with zero attached hydrogens (tertiary/aromatic N) is 5. The van der Waals surface area contributed by atoms with Crippen LogP contribution in [-0.2, 0) is 23.2 Å². The number of hydrogen-bond donors (Lipinski definition) is 1. The summed E-state index contributed by atoms with van der Waals surface area (Å²) in [6.07, 6.45) is -0.204. The van der Waals surface area contributed by atoms with Gasteiger partial charge in [0.15, 0.2) is 12.2 Å². The van der Waals surface area contributed by atoms with Gasteiger partial charge in [-0.3, -0.25) is 19.0 Å². The van der Waals surface area contributed by atoms with Crippen LogP contribution in [0.2, 0.25) is 0 Å². The summed E-state index contributed by atoms with van der Waals surface area (Å²) in [4.78, 5) is 34.4. The standard InChI is InChI=1S/C32H32N6O6S/c1-4-42-24-15-11-22(12-16-24)33-28(39)19-26-31(41)38(23-13-17-25(18-14-23)43-5-2)32(45)37(26)20-27-30(44-35-36(27)3)34-29(40)21-9-7-6-8-10-21/h6-18,26H,4-5,19-20H2,1-3H3,(H-,33,34,35,39,40). The number of carbonyl (C=O) groups is 2. The highest BCUT2D eigenvalue weighted by molar-refractivity contribution is 7.80. The maximum absolute atomic E-state index is 13.9. The van der Waals surface area contributed by atoms with Gasteiger partial charge in [-0.05, 0) is 90.7 Å². The molecule has 1 aliphatic rings. The largest absolute Gasteiger partial charge is 0.858 e. The van der Waals surface area contributed by atoms with Gasteiger partial charge < -0.3 is 24.8 Å². The molecule has 1 saturated heterocycles. The molecule has 2 amide bonds. The summed E-state index contributed by atoms with van der Waals surface area (Å²) in [6, 6.07) is 21.5. The highest BCUT2D eigenvalue weighted by atomic mass is 32.1. The fourth-order valence-electron chi connectivity index (χ4n) is 4.79. The Morgan fingerprint density at radius 2 is 1.64 bits per heavy atom. The van der Waals surface area contributed by atoms with Crippen LogP contribution in [0.4, 0.5) is 17.3 Å². The molecule has 1 atom stereocenters. The molecule has 5 rings (SSSR count). The van der Waals surface area contributed by atoms with Crippen molar-refractivity contribution in [2.45, 2.75) is 32.9 Å². The van der Waals surface area contributed by atoms with Crippen molar-refractivity contribution in [3.05, 3.63) is 90.1 Å². The lowest BCUT2D eigenvalue weighted by molar-refractivity contribution is -0.746. The number of hydrogen-bond acceptors (Lipinski definition) is 9. The van der Waals surface area contributed by atoms with E-state index in [0.29, 0.717) is 47.3 Å². The molecule has 12 nitrogen and oxygen atoms in total. The summed E-state index contributed by atoms with van der Waals surface area (Å²) in [5.74, 6) is 0.00156. The van der Waals surface area contributed by atoms with E-state index in [-0.39, 0.29) is 29.9 Å². The zero-order valence-corrected chi connectivity index (χ0v) is 25.8. The van der Waals surface area contributed by atoms with Crippen molar-refractivity contribution < 1.29 is 33.4 Å². The monoisotopic (exact) mass is 628 g/mol. The van der Waals surface area contributed by atoms with Gasteiger partial charge in [0.05, 0.1) is 25.3 Å². The van der Waals surface area contributed by atoms with Gasteiger partial charge in [0, 0.05) is 5.69 Å². The van der Waals surface area contributed by atoms with E-state index in [1.807, 2.05) is 13.8 Å². The second-order valence-corrected chi connectivity index (χ2v) is 10.3. The van der Waals surface area contributed by atoms with E-state index >= 15 is 0 Å². The molecule has 1 aromatic heterocycles. The quantitative estimate of drug-likeness (QED) is 0.109. The Hall–Kier alpha value is -5.30. The third kappa shape index (κ3) is 7.10. The average molecular weight is 629 g/mol. The number of rotatable bonds is 12. The molecular formula is C32H32N6O6S. The number of thiocarbonyl (C=S) groups is 1. The van der Waals surface area contributed by atoms with Gasteiger partial charge in [-0.25, -0.2) is 4.99 Å². The molecule has 45 heavy (non-hydrogen) atoms. The summed E-state index contributed by atoms with van der Waals surface area (Å²) in [7, 11) is 1.63. The minimum Gasteiger partial charge on any atom is -0.858 e. The summed E-state index contributed by atoms with van der Waals surface area (Å²) in [6.45, 7) is 4.77. The lowest BCUT2D eigenvalue weighted by atomic mass is 10.1. The van der Waals surface area contributed by atoms with E-state index in [0.717, 1.165) is 0 Å². The zero-order chi connectivity index (χ0) is 31.9. The van der Waals surface area contributed by atoms with E-state index in [4.69, 9.17) is 26.2 Å². The average Bonchev–Trinajstić information content (AvgIpc) is 3.49. The molecular weight excluding hydrogens is 596 g/mol. The maximum Gasteiger partial charge on any atom is 0.325 e. The number of carbonyl (C=O) groups excluding carboxylic acids is 2. The molecule has 3 aromatic carbocycles. The molecule has 13 heteroatoms. The van der Waals surface area contributed by atoms with Crippen molar-refractivity contribution in [2.24, 2.45) is 12.0 Å². The first-order valence-corrected chi connectivity index (χ1v) is 14.8. The van der Waals surface area contributed by atoms with Crippen LogP contribution < -0.4 is 29.5 Å². The number of benzene rings is 3. The van der Waals surface area contributed by atoms with E-state index in [2.05, 4.69) is 15.6 Å². The summed E-state index contributed by atoms with van der Waals surface area (Å²) >= 11 is 5.82. The number of ether oxygens (including phenoxy) is 2. The van der Waals surface area contributed by atoms with Crippen LogP contribution in [0.15, 0.2) is 88.4 Å². The molecule has 1 N–H and O–H groups in total. The Kier molecular flexibility index (Phi) is 9.68. The molecule has 1 unspecified atom stereocenters. The topological polar surface area (TPSA) is 136 Å². The SMILES string of the molecule is CCOc1ccc(NC(=O)CC2C(=O)N(c3ccc(OCC)cc3)C(=S)N2Cc2c(/N=C(\[O-])c3ccccc3)on[n+]2C)cc1. The second kappa shape index (κ2) is 14.0. The molecule has 0 bridgehead atoms. The van der Waals surface area contributed by atoms with Gasteiger partial charge in [0.25, 0.3) is 11.6 Å². The predicted molar refractivity (Wildman–Crippen MR) is 168 cm³/mol. The number of amides is 2. The lowest BCUT2D eigenvalue weighted by Gasteiger charge is -2.22. The fraction of sp³-hybridized carbons (Fsp3) is 0.250. The van der Waals surface area contributed by atoms with Crippen molar-refractivity contribution in [3.63, 3.8) is 0 Å². The van der Waals surface area contributed by atoms with Crippen molar-refractivity contribution in [2.75, 3.05) is 23.4 Å². The molecule has 0 aliphatic carbocycles. The Balaban J connectivity index is 1.44. The Labute approximate surface area is 265 Å². The zero-order valence-electron chi connectivity index (χ0n) is 25.0. The number of anilines is 2. The van der Waals surface area contributed by atoms with Crippen LogP contribution in [0.3, 0.4) is 0 Å². The highest BCUT2D eigenvalue weighted by Crippen LogP contribution is 2.31. The van der Waals surface area contributed by atoms with Crippen molar-refractivity contribution >= 4 is 52.3 Å². The molecule has 2 heterocycles. The summed E-state index contributed by atoms with van der Waals surface area (Å²) in [5.41, 5.74) is 1.84. The fourth-order valence-corrected chi connectivity index (χ4v) is 5.18. The third-order valence-corrected chi connectivity index (χ3v) is 7.40. The van der Waals surface area contributed by atoms with Gasteiger partial charge in [0.1, 0.15) is 24.1 Å². The van der Waals surface area contributed by atoms with E-state index in [1.165, 1.54) is 9.58 Å². The molecule has 0 radical (unpaired) electrons. The first kappa shape index (κ1) is 31.1. The Morgan fingerprint density at radius 3 is 2.27 bits per heavy atom. The molecule has 1 fully saturated rings. The van der Waals surface area contributed by atoms with E-state index < -0.39 is 17.8 Å². The van der Waals surface area contributed by atoms with Gasteiger partial charge in [-0.1, -0.05) is 30.3 Å². The van der Waals surface area contributed by atoms with Crippen LogP contribution in [0.25, 0.3) is 0 Å². The van der Waals surface area contributed by atoms with Gasteiger partial charge >= 0.3 is 5.88 Å². The molecule has 0 saturated carbocycles. The van der Waals surface area contributed by atoms with Crippen molar-refractivity contribution in [1.82, 2.24) is 10.2 Å². The normalized spacial score (nSPS) is 15.0. The van der Waals surface area contributed by atoms with Crippen LogP contribution >= 0.6 is 12.2 Å². The smallest absolute Gasteiger partial charge is 0.325 e. The Bertz CT molecular complexity index is 1690. The minimum absolute atomic E-state index is 0.0139. The van der Waals surface area contributed by atoms with Gasteiger partial charge in [-0.15, -0.1) is 0 Å². The molecule has 0 spiro atoms. The van der Waals surface area contributed by atoms with Crippen molar-refractivity contribution in [3.8, 4) is 11.5 Å². The number of aryl methyl sites for hydroxylation is 1. The van der Waals surface area contributed by atoms with Crippen LogP contribution in [-0.4, -0.2) is 52.3 Å². The summed E-state index contributed by atoms with van der Waals surface area (Å²) < 4.78 is 17.8. The number of nitrogens with one attached hydrogen (secondary N) is 1. The molecule has 4 aromatic rings. The van der Waals surface area contributed by atoms with Crippen molar-refractivity contribution in [1.29, 1.82) is 0 Å². The Morgan fingerprint density at radius 1 is 1.02 bits per heavy atom. The highest BCUT2D eigenvalue weighted by Gasteiger charge is 2.46. The molecule has 232 valence electrons. The third-order valence-electron chi connectivity index (χ3n) is 6.98. The predicted octanol–water partition coefficient (Wildman–Crippen LogP) is 3.27. The first-order chi connectivity index (χ1) is 21.8. The van der Waals surface area contributed by atoms with E-state index in [1.54, 1.807) is 90.8 Å².